The first-order chi connectivity index (χ1) is 25.6. The molecule has 0 unspecified atom stereocenters. The Kier molecular flexibility index (Phi) is 9.34. The van der Waals surface area contributed by atoms with Gasteiger partial charge in [0.15, 0.2) is 5.65 Å². The van der Waals surface area contributed by atoms with E-state index in [4.69, 9.17) is 47.9 Å². The quantitative estimate of drug-likeness (QED) is 0.162. The third kappa shape index (κ3) is 6.51. The topological polar surface area (TPSA) is 130 Å². The summed E-state index contributed by atoms with van der Waals surface area (Å²) in [4.78, 5) is 46.7. The van der Waals surface area contributed by atoms with E-state index in [1.165, 1.54) is 0 Å². The highest BCUT2D eigenvalue weighted by Crippen LogP contribution is 2.43. The van der Waals surface area contributed by atoms with Crippen molar-refractivity contribution in [1.29, 1.82) is 0 Å². The lowest BCUT2D eigenvalue weighted by Gasteiger charge is -2.50. The second kappa shape index (κ2) is 14.0. The van der Waals surface area contributed by atoms with Crippen LogP contribution in [-0.4, -0.2) is 93.0 Å². The minimum absolute atomic E-state index is 0.0310. The van der Waals surface area contributed by atoms with Gasteiger partial charge in [-0.1, -0.05) is 66.5 Å². The molecule has 0 bridgehead atoms. The van der Waals surface area contributed by atoms with Gasteiger partial charge in [0.05, 0.1) is 40.9 Å². The second-order valence-corrected chi connectivity index (χ2v) is 15.6. The highest BCUT2D eigenvalue weighted by Gasteiger charge is 2.48. The maximum absolute atomic E-state index is 11.8. The molecule has 2 amide bonds. The van der Waals surface area contributed by atoms with Gasteiger partial charge in [-0.05, 0) is 6.42 Å². The Hall–Kier alpha value is -4.62. The van der Waals surface area contributed by atoms with Gasteiger partial charge in [-0.25, -0.2) is 9.97 Å². The van der Waals surface area contributed by atoms with E-state index >= 15 is 0 Å². The van der Waals surface area contributed by atoms with Gasteiger partial charge in [0.2, 0.25) is 18.2 Å². The van der Waals surface area contributed by atoms with Crippen LogP contribution in [-0.2, 0) is 29.7 Å². The summed E-state index contributed by atoms with van der Waals surface area (Å²) in [5.41, 5.74) is 7.84. The number of methoxy groups -OCH3 is 1. The van der Waals surface area contributed by atoms with E-state index in [1.54, 1.807) is 19.5 Å². The first-order valence-corrected chi connectivity index (χ1v) is 18.6. The van der Waals surface area contributed by atoms with Crippen LogP contribution in [0, 0.1) is 10.8 Å². The third-order valence-electron chi connectivity index (χ3n) is 11.1. The smallest absolute Gasteiger partial charge is 0.237 e. The predicted octanol–water partition coefficient (Wildman–Crippen LogP) is 5.35. The molecule has 0 aliphatic carbocycles. The molecule has 12 nitrogen and oxygen atoms in total. The SMILES string of the molecule is CCC1(CNC=O)CN(Cc2cn(C)c3nc(-c4cccc(-c5cccc(-c6cnc(CN7CC8(CNC(=O)C8)C7)c(OC)n6)c5Cl)c4Cl)cnc23)C1. The van der Waals surface area contributed by atoms with Crippen molar-refractivity contribution in [1.82, 2.24) is 44.9 Å². The molecule has 0 saturated carbocycles. The van der Waals surface area contributed by atoms with Crippen LogP contribution in [0.2, 0.25) is 10.0 Å². The highest BCUT2D eigenvalue weighted by atomic mass is 35.5. The number of halogens is 2. The number of aryl methyl sites for hydroxylation is 1. The number of rotatable bonds is 12. The summed E-state index contributed by atoms with van der Waals surface area (Å²) in [5.74, 6) is 0.563. The fourth-order valence-electron chi connectivity index (χ4n) is 8.30. The average molecular weight is 755 g/mol. The van der Waals surface area contributed by atoms with Crippen LogP contribution in [0.25, 0.3) is 44.8 Å². The van der Waals surface area contributed by atoms with E-state index in [0.29, 0.717) is 52.4 Å². The molecule has 14 heteroatoms. The molecular weight excluding hydrogens is 713 g/mol. The van der Waals surface area contributed by atoms with Crippen molar-refractivity contribution < 1.29 is 14.3 Å². The number of hydrogen-bond donors (Lipinski definition) is 2. The van der Waals surface area contributed by atoms with Gasteiger partial charge >= 0.3 is 0 Å². The average Bonchev–Trinajstić information content (AvgIpc) is 3.68. The van der Waals surface area contributed by atoms with E-state index in [0.717, 1.165) is 91.2 Å². The zero-order valence-corrected chi connectivity index (χ0v) is 31.5. The van der Waals surface area contributed by atoms with Crippen molar-refractivity contribution in [3.8, 4) is 39.5 Å². The van der Waals surface area contributed by atoms with Crippen molar-refractivity contribution in [3.63, 3.8) is 0 Å². The number of nitrogens with one attached hydrogen (secondary N) is 2. The van der Waals surface area contributed by atoms with E-state index < -0.39 is 0 Å². The van der Waals surface area contributed by atoms with Crippen LogP contribution in [0.3, 0.4) is 0 Å². The molecule has 274 valence electrons. The number of ether oxygens (including phenoxy) is 1. The van der Waals surface area contributed by atoms with Crippen LogP contribution in [0.5, 0.6) is 5.88 Å². The zero-order valence-electron chi connectivity index (χ0n) is 30.0. The van der Waals surface area contributed by atoms with Crippen molar-refractivity contribution in [3.05, 3.63) is 76.3 Å². The lowest BCUT2D eigenvalue weighted by molar-refractivity contribution is -0.120. The standard InChI is InChI=1S/C39H41Cl2N9O3/c1-4-38(17-42-23-51)19-49(20-38)15-24-14-48(2)36-35(24)44-13-29(46-36)27-9-5-7-25(33(27)40)26-8-6-10-28(34(26)41)30-12-43-31(37(47-30)53-3)16-50-21-39(22-50)11-32(52)45-18-39/h5-10,12-14,23H,4,11,15-22H2,1-3H3,(H,42,51)(H,45,52). The van der Waals surface area contributed by atoms with Crippen LogP contribution in [0.4, 0.5) is 0 Å². The van der Waals surface area contributed by atoms with Crippen LogP contribution >= 0.6 is 23.2 Å². The molecule has 3 aliphatic rings. The molecule has 3 fully saturated rings. The molecule has 2 aromatic carbocycles. The normalized spacial score (nSPS) is 17.8. The number of hydrogen-bond acceptors (Lipinski definition) is 9. The number of aromatic nitrogens is 5. The van der Waals surface area contributed by atoms with Gasteiger partial charge in [-0.2, -0.15) is 0 Å². The van der Waals surface area contributed by atoms with Crippen molar-refractivity contribution in [2.45, 2.75) is 32.9 Å². The molecule has 0 atom stereocenters. The molecule has 8 rings (SSSR count). The number of nitrogens with zero attached hydrogens (tertiary/aromatic N) is 7. The molecular formula is C39H41Cl2N9O3. The lowest BCUT2D eigenvalue weighted by atomic mass is 9.77. The number of fused-ring (bicyclic) bond motifs is 1. The summed E-state index contributed by atoms with van der Waals surface area (Å²) in [5, 5.41) is 6.82. The number of amides is 2. The molecule has 3 aliphatic heterocycles. The second-order valence-electron chi connectivity index (χ2n) is 14.8. The molecule has 3 saturated heterocycles. The van der Waals surface area contributed by atoms with Crippen molar-refractivity contribution >= 4 is 46.7 Å². The van der Waals surface area contributed by atoms with Gasteiger partial charge in [-0.15, -0.1) is 0 Å². The maximum atomic E-state index is 11.8. The molecule has 6 heterocycles. The van der Waals surface area contributed by atoms with E-state index in [1.807, 2.05) is 48.0 Å². The predicted molar refractivity (Wildman–Crippen MR) is 204 cm³/mol. The maximum Gasteiger partial charge on any atom is 0.237 e. The molecule has 2 N–H and O–H groups in total. The lowest BCUT2D eigenvalue weighted by Crippen LogP contribution is -2.59. The van der Waals surface area contributed by atoms with Gasteiger partial charge < -0.3 is 19.9 Å². The summed E-state index contributed by atoms with van der Waals surface area (Å²) >= 11 is 14.3. The van der Waals surface area contributed by atoms with Crippen LogP contribution in [0.1, 0.15) is 31.0 Å². The Balaban J connectivity index is 1.02. The number of likely N-dealkylation sites (tertiary alicyclic amines) is 2. The molecule has 3 aromatic heterocycles. The first-order valence-electron chi connectivity index (χ1n) is 17.8. The highest BCUT2D eigenvalue weighted by molar-refractivity contribution is 6.39. The van der Waals surface area contributed by atoms with Gasteiger partial charge in [0.25, 0.3) is 0 Å². The Morgan fingerprint density at radius 1 is 0.925 bits per heavy atom. The Labute approximate surface area is 317 Å². The molecule has 1 spiro atoms. The van der Waals surface area contributed by atoms with Crippen LogP contribution in [0.15, 0.2) is 55.0 Å². The van der Waals surface area contributed by atoms with Crippen molar-refractivity contribution in [2.24, 2.45) is 17.9 Å². The largest absolute Gasteiger partial charge is 0.480 e. The Bertz CT molecular complexity index is 2230. The summed E-state index contributed by atoms with van der Waals surface area (Å²) < 4.78 is 7.69. The summed E-state index contributed by atoms with van der Waals surface area (Å²) in [7, 11) is 3.57. The fraction of sp³-hybridized carbons (Fsp3) is 0.385. The number of carbonyl (C=O) groups is 2. The van der Waals surface area contributed by atoms with Gasteiger partial charge in [0, 0.05) is 111 Å². The van der Waals surface area contributed by atoms with E-state index in [2.05, 4.69) is 33.6 Å². The Morgan fingerprint density at radius 3 is 2.19 bits per heavy atom. The Morgan fingerprint density at radius 2 is 1.57 bits per heavy atom. The number of carbonyl (C=O) groups excluding carboxylic acids is 2. The van der Waals surface area contributed by atoms with E-state index in [9.17, 15) is 9.59 Å². The zero-order chi connectivity index (χ0) is 36.9. The minimum Gasteiger partial charge on any atom is -0.480 e. The minimum atomic E-state index is 0.0310. The van der Waals surface area contributed by atoms with Crippen LogP contribution < -0.4 is 15.4 Å². The van der Waals surface area contributed by atoms with Gasteiger partial charge in [0.1, 0.15) is 11.2 Å². The van der Waals surface area contributed by atoms with E-state index in [-0.39, 0.29) is 16.7 Å². The molecule has 5 aromatic rings. The summed E-state index contributed by atoms with van der Waals surface area (Å²) in [6.45, 7) is 8.45. The van der Waals surface area contributed by atoms with Gasteiger partial charge in [-0.3, -0.25) is 29.4 Å². The number of benzene rings is 2. The molecule has 0 radical (unpaired) electrons. The monoisotopic (exact) mass is 753 g/mol. The summed E-state index contributed by atoms with van der Waals surface area (Å²) in [6, 6.07) is 11.6. The fourth-order valence-corrected chi connectivity index (χ4v) is 8.95. The molecule has 53 heavy (non-hydrogen) atoms. The summed E-state index contributed by atoms with van der Waals surface area (Å²) in [6.07, 6.45) is 7.97. The first kappa shape index (κ1) is 35.4. The third-order valence-corrected chi connectivity index (χ3v) is 11.9. The van der Waals surface area contributed by atoms with Crippen molar-refractivity contribution in [2.75, 3.05) is 46.4 Å².